The molecule has 5 nitrogen and oxygen atoms in total. The predicted molar refractivity (Wildman–Crippen MR) is 63.0 cm³/mol. The summed E-state index contributed by atoms with van der Waals surface area (Å²) in [5.74, 6) is -0.112. The first-order chi connectivity index (χ1) is 8.17. The third kappa shape index (κ3) is 4.34. The van der Waals surface area contributed by atoms with Crippen molar-refractivity contribution in [3.63, 3.8) is 0 Å². The molecule has 0 aromatic carbocycles. The van der Waals surface area contributed by atoms with E-state index in [1.54, 1.807) is 4.90 Å². The van der Waals surface area contributed by atoms with Crippen molar-refractivity contribution in [3.8, 4) is 0 Å². The van der Waals surface area contributed by atoms with Gasteiger partial charge in [-0.1, -0.05) is 0 Å². The fourth-order valence-corrected chi connectivity index (χ4v) is 1.46. The van der Waals surface area contributed by atoms with E-state index >= 15 is 0 Å². The van der Waals surface area contributed by atoms with Crippen molar-refractivity contribution in [2.75, 3.05) is 25.0 Å². The molecule has 1 aromatic rings. The standard InChI is InChI=1S/C11H17FN4O/c1-3-16(4-2)11(17)5-6-13-10-7-9(12)14-8-15-10/h7-8H,3-6H2,1-2H3,(H,13,14,15). The second-order valence-electron chi connectivity index (χ2n) is 3.47. The number of hydrogen-bond acceptors (Lipinski definition) is 4. The van der Waals surface area contributed by atoms with Crippen LogP contribution < -0.4 is 5.32 Å². The number of rotatable bonds is 6. The summed E-state index contributed by atoms with van der Waals surface area (Å²) in [6, 6.07) is 1.20. The lowest BCUT2D eigenvalue weighted by molar-refractivity contribution is -0.130. The summed E-state index contributed by atoms with van der Waals surface area (Å²) in [6.07, 6.45) is 1.51. The van der Waals surface area contributed by atoms with Gasteiger partial charge in [-0.15, -0.1) is 0 Å². The summed E-state index contributed by atoms with van der Waals surface area (Å²) in [5, 5.41) is 2.88. The zero-order valence-electron chi connectivity index (χ0n) is 10.1. The molecular weight excluding hydrogens is 223 g/mol. The van der Waals surface area contributed by atoms with Crippen molar-refractivity contribution in [3.05, 3.63) is 18.3 Å². The van der Waals surface area contributed by atoms with Crippen molar-refractivity contribution in [2.45, 2.75) is 20.3 Å². The van der Waals surface area contributed by atoms with Crippen LogP contribution >= 0.6 is 0 Å². The zero-order valence-corrected chi connectivity index (χ0v) is 10.1. The highest BCUT2D eigenvalue weighted by molar-refractivity contribution is 5.76. The molecule has 0 bridgehead atoms. The Balaban J connectivity index is 2.35. The van der Waals surface area contributed by atoms with E-state index in [1.807, 2.05) is 13.8 Å². The number of nitrogens with zero attached hydrogens (tertiary/aromatic N) is 3. The normalized spacial score (nSPS) is 10.1. The molecule has 0 aliphatic heterocycles. The van der Waals surface area contributed by atoms with Gasteiger partial charge in [0.1, 0.15) is 12.1 Å². The Morgan fingerprint density at radius 3 is 2.71 bits per heavy atom. The molecule has 6 heteroatoms. The van der Waals surface area contributed by atoms with Crippen molar-refractivity contribution in [1.82, 2.24) is 14.9 Å². The molecule has 0 fully saturated rings. The molecule has 0 saturated heterocycles. The van der Waals surface area contributed by atoms with Crippen LogP contribution in [0, 0.1) is 5.95 Å². The molecule has 0 spiro atoms. The Morgan fingerprint density at radius 2 is 2.12 bits per heavy atom. The van der Waals surface area contributed by atoms with Gasteiger partial charge in [0.05, 0.1) is 0 Å². The lowest BCUT2D eigenvalue weighted by Crippen LogP contribution is -2.31. The van der Waals surface area contributed by atoms with Crippen molar-refractivity contribution < 1.29 is 9.18 Å². The molecule has 1 heterocycles. The third-order valence-electron chi connectivity index (χ3n) is 2.39. The smallest absolute Gasteiger partial charge is 0.224 e. The van der Waals surface area contributed by atoms with Gasteiger partial charge in [-0.3, -0.25) is 4.79 Å². The molecule has 94 valence electrons. The Bertz CT molecular complexity index is 368. The van der Waals surface area contributed by atoms with E-state index in [9.17, 15) is 9.18 Å². The topological polar surface area (TPSA) is 58.1 Å². The molecule has 1 rings (SSSR count). The Morgan fingerprint density at radius 1 is 1.41 bits per heavy atom. The predicted octanol–water partition coefficient (Wildman–Crippen LogP) is 1.29. The summed E-state index contributed by atoms with van der Waals surface area (Å²) in [5.41, 5.74) is 0. The first-order valence-corrected chi connectivity index (χ1v) is 5.66. The van der Waals surface area contributed by atoms with Crippen LogP contribution in [0.4, 0.5) is 10.2 Å². The minimum Gasteiger partial charge on any atom is -0.369 e. The lowest BCUT2D eigenvalue weighted by Gasteiger charge is -2.18. The van der Waals surface area contributed by atoms with E-state index < -0.39 is 5.95 Å². The monoisotopic (exact) mass is 240 g/mol. The highest BCUT2D eigenvalue weighted by Gasteiger charge is 2.08. The van der Waals surface area contributed by atoms with Crippen molar-refractivity contribution in [1.29, 1.82) is 0 Å². The van der Waals surface area contributed by atoms with E-state index in [0.29, 0.717) is 31.9 Å². The van der Waals surface area contributed by atoms with E-state index in [-0.39, 0.29) is 5.91 Å². The molecule has 0 aliphatic rings. The van der Waals surface area contributed by atoms with Gasteiger partial charge >= 0.3 is 0 Å². The fourth-order valence-electron chi connectivity index (χ4n) is 1.46. The van der Waals surface area contributed by atoms with Crippen LogP contribution in [0.3, 0.4) is 0 Å². The highest BCUT2D eigenvalue weighted by Crippen LogP contribution is 2.02. The fraction of sp³-hybridized carbons (Fsp3) is 0.545. The van der Waals surface area contributed by atoms with Crippen molar-refractivity contribution >= 4 is 11.7 Å². The van der Waals surface area contributed by atoms with Crippen LogP contribution in [-0.4, -0.2) is 40.4 Å². The van der Waals surface area contributed by atoms with Crippen LogP contribution in [-0.2, 0) is 4.79 Å². The van der Waals surface area contributed by atoms with Gasteiger partial charge in [0.15, 0.2) is 0 Å². The number of carbonyl (C=O) groups excluding carboxylic acids is 1. The van der Waals surface area contributed by atoms with Gasteiger partial charge in [-0.05, 0) is 13.8 Å². The van der Waals surface area contributed by atoms with Gasteiger partial charge in [0.2, 0.25) is 11.9 Å². The van der Waals surface area contributed by atoms with Gasteiger partial charge in [0.25, 0.3) is 0 Å². The van der Waals surface area contributed by atoms with E-state index in [0.717, 1.165) is 6.33 Å². The maximum atomic E-state index is 12.7. The SMILES string of the molecule is CCN(CC)C(=O)CCNc1cc(F)ncn1. The molecular formula is C11H17FN4O. The molecule has 0 saturated carbocycles. The first kappa shape index (κ1) is 13.3. The number of anilines is 1. The van der Waals surface area contributed by atoms with Crippen LogP contribution in [0.1, 0.15) is 20.3 Å². The van der Waals surface area contributed by atoms with Gasteiger partial charge in [-0.2, -0.15) is 4.39 Å². The highest BCUT2D eigenvalue weighted by atomic mass is 19.1. The molecule has 0 aliphatic carbocycles. The van der Waals surface area contributed by atoms with Gasteiger partial charge in [0, 0.05) is 32.1 Å². The summed E-state index contributed by atoms with van der Waals surface area (Å²) < 4.78 is 12.7. The summed E-state index contributed by atoms with van der Waals surface area (Å²) in [7, 11) is 0. The molecule has 0 unspecified atom stereocenters. The lowest BCUT2D eigenvalue weighted by atomic mass is 10.3. The average Bonchev–Trinajstić information content (AvgIpc) is 2.30. The maximum Gasteiger partial charge on any atom is 0.224 e. The Kier molecular flexibility index (Phi) is 5.32. The summed E-state index contributed by atoms with van der Waals surface area (Å²) >= 11 is 0. The number of nitrogens with one attached hydrogen (secondary N) is 1. The Hall–Kier alpha value is -1.72. The van der Waals surface area contributed by atoms with Gasteiger partial charge < -0.3 is 10.2 Å². The third-order valence-corrected chi connectivity index (χ3v) is 2.39. The van der Waals surface area contributed by atoms with E-state index in [2.05, 4.69) is 15.3 Å². The van der Waals surface area contributed by atoms with E-state index in [1.165, 1.54) is 6.07 Å². The maximum absolute atomic E-state index is 12.7. The molecule has 0 atom stereocenters. The summed E-state index contributed by atoms with van der Waals surface area (Å²) in [4.78, 5) is 20.6. The molecule has 0 radical (unpaired) electrons. The Labute approximate surface area is 100 Å². The summed E-state index contributed by atoms with van der Waals surface area (Å²) in [6.45, 7) is 5.73. The van der Waals surface area contributed by atoms with Crippen LogP contribution in [0.2, 0.25) is 0 Å². The molecule has 1 amide bonds. The number of halogens is 1. The number of carbonyl (C=O) groups is 1. The van der Waals surface area contributed by atoms with Crippen molar-refractivity contribution in [2.24, 2.45) is 0 Å². The minimum absolute atomic E-state index is 0.0806. The second-order valence-corrected chi connectivity index (χ2v) is 3.47. The van der Waals surface area contributed by atoms with Crippen LogP contribution in [0.25, 0.3) is 0 Å². The number of aromatic nitrogens is 2. The largest absolute Gasteiger partial charge is 0.369 e. The van der Waals surface area contributed by atoms with Crippen LogP contribution in [0.15, 0.2) is 12.4 Å². The van der Waals surface area contributed by atoms with Crippen LogP contribution in [0.5, 0.6) is 0 Å². The number of hydrogen-bond donors (Lipinski definition) is 1. The first-order valence-electron chi connectivity index (χ1n) is 5.66. The van der Waals surface area contributed by atoms with E-state index in [4.69, 9.17) is 0 Å². The molecule has 1 aromatic heterocycles. The molecule has 1 N–H and O–H groups in total. The zero-order chi connectivity index (χ0) is 12.7. The minimum atomic E-state index is -0.586. The molecule has 17 heavy (non-hydrogen) atoms. The number of amides is 1. The van der Waals surface area contributed by atoms with Gasteiger partial charge in [-0.25, -0.2) is 9.97 Å². The quantitative estimate of drug-likeness (QED) is 0.761. The average molecular weight is 240 g/mol. The second kappa shape index (κ2) is 6.78.